The van der Waals surface area contributed by atoms with E-state index < -0.39 is 0 Å². The predicted octanol–water partition coefficient (Wildman–Crippen LogP) is 3.25. The third-order valence-electron chi connectivity index (χ3n) is 6.94. The van der Waals surface area contributed by atoms with Crippen molar-refractivity contribution in [2.45, 2.75) is 65.2 Å². The molecule has 1 aromatic heterocycles. The molecular weight excluding hydrogens is 396 g/mol. The summed E-state index contributed by atoms with van der Waals surface area (Å²) in [5, 5.41) is 4.31. The number of piperazine rings is 1. The van der Waals surface area contributed by atoms with Crippen molar-refractivity contribution in [1.82, 2.24) is 15.2 Å². The normalized spacial score (nSPS) is 22.8. The van der Waals surface area contributed by atoms with E-state index >= 15 is 0 Å². The fourth-order valence-corrected chi connectivity index (χ4v) is 6.22. The molecule has 7 heteroatoms. The van der Waals surface area contributed by atoms with Crippen LogP contribution < -0.4 is 10.2 Å². The number of aryl methyl sites for hydroxylation is 1. The van der Waals surface area contributed by atoms with E-state index in [1.54, 1.807) is 11.3 Å². The van der Waals surface area contributed by atoms with Gasteiger partial charge in [0, 0.05) is 49.4 Å². The average molecular weight is 433 g/mol. The Kier molecular flexibility index (Phi) is 6.96. The molecule has 2 amide bonds. The highest BCUT2D eigenvalue weighted by atomic mass is 32.1. The number of anilines is 1. The van der Waals surface area contributed by atoms with Crippen LogP contribution >= 0.6 is 11.3 Å². The number of thiazole rings is 1. The number of rotatable bonds is 5. The highest BCUT2D eigenvalue weighted by Crippen LogP contribution is 2.34. The standard InChI is InChI=1S/C23H36N4O2S/c1-16(2)22(29)26-10-12-27(13-11-26)23-25-19-9-8-18(14-20(19)30-23)21(28)24-15-17-6-4-3-5-7-17/h16-18H,3-15H2,1-2H3,(H,24,28). The van der Waals surface area contributed by atoms with Crippen molar-refractivity contribution < 1.29 is 9.59 Å². The summed E-state index contributed by atoms with van der Waals surface area (Å²) in [4.78, 5) is 35.4. The Morgan fingerprint density at radius 2 is 1.83 bits per heavy atom. The number of carbonyl (C=O) groups is 2. The van der Waals surface area contributed by atoms with E-state index in [4.69, 9.17) is 4.98 Å². The first kappa shape index (κ1) is 21.6. The zero-order chi connectivity index (χ0) is 21.1. The number of nitrogens with one attached hydrogen (secondary N) is 1. The van der Waals surface area contributed by atoms with E-state index in [0.717, 1.165) is 57.1 Å². The Balaban J connectivity index is 1.29. The molecule has 1 atom stereocenters. The van der Waals surface area contributed by atoms with E-state index in [1.807, 2.05) is 18.7 Å². The van der Waals surface area contributed by atoms with Crippen LogP contribution in [-0.2, 0) is 22.4 Å². The zero-order valence-corrected chi connectivity index (χ0v) is 19.3. The van der Waals surface area contributed by atoms with Gasteiger partial charge in [-0.05, 0) is 38.0 Å². The van der Waals surface area contributed by atoms with Gasteiger partial charge in [-0.2, -0.15) is 0 Å². The number of fused-ring (bicyclic) bond motifs is 1. The van der Waals surface area contributed by atoms with Crippen LogP contribution in [0.1, 0.15) is 62.9 Å². The van der Waals surface area contributed by atoms with Gasteiger partial charge in [0.1, 0.15) is 0 Å². The third kappa shape index (κ3) is 4.98. The third-order valence-corrected chi connectivity index (χ3v) is 8.13. The Hall–Kier alpha value is -1.63. The van der Waals surface area contributed by atoms with Crippen LogP contribution in [0.2, 0.25) is 0 Å². The first-order valence-electron chi connectivity index (χ1n) is 11.8. The van der Waals surface area contributed by atoms with Crippen molar-refractivity contribution in [1.29, 1.82) is 0 Å². The summed E-state index contributed by atoms with van der Waals surface area (Å²) in [5.41, 5.74) is 1.19. The molecule has 166 valence electrons. The van der Waals surface area contributed by atoms with E-state index in [-0.39, 0.29) is 23.7 Å². The second-order valence-electron chi connectivity index (χ2n) is 9.52. The average Bonchev–Trinajstić information content (AvgIpc) is 3.21. The lowest BCUT2D eigenvalue weighted by atomic mass is 9.88. The number of amides is 2. The van der Waals surface area contributed by atoms with E-state index in [9.17, 15) is 9.59 Å². The largest absolute Gasteiger partial charge is 0.356 e. The molecule has 30 heavy (non-hydrogen) atoms. The van der Waals surface area contributed by atoms with Crippen LogP contribution in [0.25, 0.3) is 0 Å². The van der Waals surface area contributed by atoms with Crippen molar-refractivity contribution in [3.63, 3.8) is 0 Å². The minimum absolute atomic E-state index is 0.0601. The summed E-state index contributed by atoms with van der Waals surface area (Å²) >= 11 is 1.76. The molecule has 1 unspecified atom stereocenters. The van der Waals surface area contributed by atoms with Gasteiger partial charge in [-0.25, -0.2) is 4.98 Å². The van der Waals surface area contributed by atoms with E-state index in [2.05, 4.69) is 10.2 Å². The molecule has 0 aromatic carbocycles. The fraction of sp³-hybridized carbons (Fsp3) is 0.783. The smallest absolute Gasteiger partial charge is 0.225 e. The summed E-state index contributed by atoms with van der Waals surface area (Å²) in [6.07, 6.45) is 9.16. The van der Waals surface area contributed by atoms with Gasteiger partial charge in [-0.3, -0.25) is 9.59 Å². The molecule has 1 saturated carbocycles. The van der Waals surface area contributed by atoms with E-state index in [0.29, 0.717) is 5.92 Å². The lowest BCUT2D eigenvalue weighted by Crippen LogP contribution is -2.49. The molecule has 6 nitrogen and oxygen atoms in total. The molecule has 4 rings (SSSR count). The van der Waals surface area contributed by atoms with Crippen LogP contribution in [-0.4, -0.2) is 54.4 Å². The molecule has 1 aliphatic heterocycles. The predicted molar refractivity (Wildman–Crippen MR) is 121 cm³/mol. The van der Waals surface area contributed by atoms with Gasteiger partial charge in [-0.15, -0.1) is 11.3 Å². The summed E-state index contributed by atoms with van der Waals surface area (Å²) < 4.78 is 0. The first-order chi connectivity index (χ1) is 14.5. The summed E-state index contributed by atoms with van der Waals surface area (Å²) in [6, 6.07) is 0. The van der Waals surface area contributed by atoms with Crippen LogP contribution in [0.4, 0.5) is 5.13 Å². The molecule has 1 saturated heterocycles. The van der Waals surface area contributed by atoms with Gasteiger partial charge >= 0.3 is 0 Å². The van der Waals surface area contributed by atoms with Gasteiger partial charge in [-0.1, -0.05) is 33.1 Å². The lowest BCUT2D eigenvalue weighted by Gasteiger charge is -2.35. The Morgan fingerprint density at radius 3 is 2.53 bits per heavy atom. The topological polar surface area (TPSA) is 65.5 Å². The summed E-state index contributed by atoms with van der Waals surface area (Å²) in [5.74, 6) is 1.31. The molecule has 1 aromatic rings. The lowest BCUT2D eigenvalue weighted by molar-refractivity contribution is -0.134. The van der Waals surface area contributed by atoms with Crippen molar-refractivity contribution in [2.24, 2.45) is 17.8 Å². The number of hydrogen-bond acceptors (Lipinski definition) is 5. The van der Waals surface area contributed by atoms with Crippen LogP contribution in [0.3, 0.4) is 0 Å². The molecular formula is C23H36N4O2S. The quantitative estimate of drug-likeness (QED) is 0.776. The first-order valence-corrected chi connectivity index (χ1v) is 12.6. The van der Waals surface area contributed by atoms with Gasteiger partial charge < -0.3 is 15.1 Å². The van der Waals surface area contributed by atoms with Crippen molar-refractivity contribution in [2.75, 3.05) is 37.6 Å². The van der Waals surface area contributed by atoms with Gasteiger partial charge in [0.15, 0.2) is 5.13 Å². The number of aromatic nitrogens is 1. The Bertz CT molecular complexity index is 748. The summed E-state index contributed by atoms with van der Waals surface area (Å²) in [6.45, 7) is 8.01. The highest BCUT2D eigenvalue weighted by molar-refractivity contribution is 7.15. The van der Waals surface area contributed by atoms with Crippen LogP contribution in [0.5, 0.6) is 0 Å². The molecule has 2 fully saturated rings. The van der Waals surface area contributed by atoms with Gasteiger partial charge in [0.05, 0.1) is 5.69 Å². The maximum Gasteiger partial charge on any atom is 0.225 e. The number of nitrogens with zero attached hydrogens (tertiary/aromatic N) is 3. The second-order valence-corrected chi connectivity index (χ2v) is 10.6. The number of carbonyl (C=O) groups excluding carboxylic acids is 2. The Morgan fingerprint density at radius 1 is 1.10 bits per heavy atom. The van der Waals surface area contributed by atoms with Crippen molar-refractivity contribution in [3.05, 3.63) is 10.6 Å². The fourth-order valence-electron chi connectivity index (χ4n) is 4.98. The maximum absolute atomic E-state index is 12.7. The van der Waals surface area contributed by atoms with E-state index in [1.165, 1.54) is 42.7 Å². The molecule has 3 aliphatic rings. The molecule has 0 bridgehead atoms. The SMILES string of the molecule is CC(C)C(=O)N1CCN(c2nc3c(s2)CC(C(=O)NCC2CCCCC2)CC3)CC1. The minimum Gasteiger partial charge on any atom is -0.356 e. The number of hydrogen-bond donors (Lipinski definition) is 1. The second kappa shape index (κ2) is 9.67. The zero-order valence-electron chi connectivity index (χ0n) is 18.5. The molecule has 2 aliphatic carbocycles. The van der Waals surface area contributed by atoms with Gasteiger partial charge in [0.2, 0.25) is 11.8 Å². The molecule has 1 N–H and O–H groups in total. The minimum atomic E-state index is 0.0601. The van der Waals surface area contributed by atoms with Crippen LogP contribution in [0.15, 0.2) is 0 Å². The highest BCUT2D eigenvalue weighted by Gasteiger charge is 2.30. The maximum atomic E-state index is 12.7. The molecule has 2 heterocycles. The monoisotopic (exact) mass is 432 g/mol. The van der Waals surface area contributed by atoms with Crippen molar-refractivity contribution in [3.8, 4) is 0 Å². The van der Waals surface area contributed by atoms with Crippen molar-refractivity contribution >= 4 is 28.3 Å². The van der Waals surface area contributed by atoms with Crippen LogP contribution in [0, 0.1) is 17.8 Å². The molecule has 0 spiro atoms. The van der Waals surface area contributed by atoms with Gasteiger partial charge in [0.25, 0.3) is 0 Å². The Labute approximate surface area is 184 Å². The summed E-state index contributed by atoms with van der Waals surface area (Å²) in [7, 11) is 0. The molecule has 0 radical (unpaired) electrons.